The van der Waals surface area contributed by atoms with Gasteiger partial charge in [0.1, 0.15) is 6.26 Å². The molecule has 0 bridgehead atoms. The summed E-state index contributed by atoms with van der Waals surface area (Å²) in [5.74, 6) is 0.505. The summed E-state index contributed by atoms with van der Waals surface area (Å²) in [5.41, 5.74) is 1.81. The van der Waals surface area contributed by atoms with E-state index in [-0.39, 0.29) is 0 Å². The number of nitrogens with zero attached hydrogens (tertiary/aromatic N) is 1. The molecule has 14 heavy (non-hydrogen) atoms. The molecule has 1 fully saturated rings. The zero-order chi connectivity index (χ0) is 9.97. The maximum atomic E-state index is 10.7. The summed E-state index contributed by atoms with van der Waals surface area (Å²) in [6.07, 6.45) is 6.39. The van der Waals surface area contributed by atoms with E-state index >= 15 is 0 Å². The molecule has 0 N–H and O–H groups in total. The van der Waals surface area contributed by atoms with Gasteiger partial charge >= 0.3 is 0 Å². The molecule has 76 valence electrons. The van der Waals surface area contributed by atoms with Crippen LogP contribution in [0.2, 0.25) is 0 Å². The van der Waals surface area contributed by atoms with Crippen LogP contribution >= 0.6 is 0 Å². The Bertz CT molecular complexity index is 311. The molecule has 1 aromatic heterocycles. The molecular formula is C11H15NO2. The lowest BCUT2D eigenvalue weighted by Crippen LogP contribution is -2.29. The van der Waals surface area contributed by atoms with E-state index in [1.165, 1.54) is 0 Å². The van der Waals surface area contributed by atoms with Crippen LogP contribution in [-0.2, 0) is 0 Å². The maximum Gasteiger partial charge on any atom is 0.153 e. The molecule has 0 saturated carbocycles. The molecule has 0 aliphatic carbocycles. The van der Waals surface area contributed by atoms with Crippen LogP contribution in [0.15, 0.2) is 16.9 Å². The minimum absolute atomic E-state index is 0.505. The van der Waals surface area contributed by atoms with Crippen LogP contribution in [-0.4, -0.2) is 31.3 Å². The predicted octanol–water partition coefficient (Wildman–Crippen LogP) is 1.90. The number of rotatable bonds is 2. The largest absolute Gasteiger partial charge is 0.472 e. The molecule has 1 saturated heterocycles. The second-order valence-electron chi connectivity index (χ2n) is 3.98. The standard InChI is InChI=1S/C11H15NO2/c1-12-4-2-9(3-5-12)11-8-14-7-10(11)6-13/h6-9H,2-5H2,1H3. The predicted molar refractivity (Wildman–Crippen MR) is 53.6 cm³/mol. The number of hydrogen-bond donors (Lipinski definition) is 0. The molecule has 0 atom stereocenters. The van der Waals surface area contributed by atoms with E-state index in [2.05, 4.69) is 11.9 Å². The SMILES string of the molecule is CN1CCC(c2cocc2C=O)CC1. The highest BCUT2D eigenvalue weighted by Crippen LogP contribution is 2.29. The van der Waals surface area contributed by atoms with Crippen molar-refractivity contribution in [2.45, 2.75) is 18.8 Å². The first kappa shape index (κ1) is 9.46. The van der Waals surface area contributed by atoms with Crippen molar-refractivity contribution in [2.24, 2.45) is 0 Å². The van der Waals surface area contributed by atoms with Crippen molar-refractivity contribution in [3.8, 4) is 0 Å². The van der Waals surface area contributed by atoms with Crippen LogP contribution in [0, 0.1) is 0 Å². The van der Waals surface area contributed by atoms with E-state index < -0.39 is 0 Å². The smallest absolute Gasteiger partial charge is 0.153 e. The minimum Gasteiger partial charge on any atom is -0.472 e. The van der Waals surface area contributed by atoms with Crippen LogP contribution in [0.1, 0.15) is 34.7 Å². The van der Waals surface area contributed by atoms with Gasteiger partial charge in [-0.3, -0.25) is 4.79 Å². The van der Waals surface area contributed by atoms with E-state index in [4.69, 9.17) is 4.42 Å². The van der Waals surface area contributed by atoms with E-state index in [1.54, 1.807) is 12.5 Å². The van der Waals surface area contributed by atoms with E-state index in [1.807, 2.05) is 0 Å². The zero-order valence-electron chi connectivity index (χ0n) is 8.40. The van der Waals surface area contributed by atoms with Gasteiger partial charge < -0.3 is 9.32 Å². The number of carbonyl (C=O) groups excluding carboxylic acids is 1. The number of hydrogen-bond acceptors (Lipinski definition) is 3. The van der Waals surface area contributed by atoms with Crippen LogP contribution in [0.4, 0.5) is 0 Å². The molecule has 0 amide bonds. The van der Waals surface area contributed by atoms with Crippen molar-refractivity contribution in [1.29, 1.82) is 0 Å². The number of furan rings is 1. The summed E-state index contributed by atoms with van der Waals surface area (Å²) in [6, 6.07) is 0. The first-order chi connectivity index (χ1) is 6.81. The summed E-state index contributed by atoms with van der Waals surface area (Å²) in [4.78, 5) is 13.0. The average molecular weight is 193 g/mol. The average Bonchev–Trinajstić information content (AvgIpc) is 2.67. The van der Waals surface area contributed by atoms with Crippen molar-refractivity contribution >= 4 is 6.29 Å². The molecule has 1 aromatic rings. The number of piperidine rings is 1. The number of aldehydes is 1. The summed E-state index contributed by atoms with van der Waals surface area (Å²) >= 11 is 0. The lowest BCUT2D eigenvalue weighted by atomic mass is 9.89. The first-order valence-electron chi connectivity index (χ1n) is 5.01. The summed E-state index contributed by atoms with van der Waals surface area (Å²) in [7, 11) is 2.13. The highest BCUT2D eigenvalue weighted by atomic mass is 16.3. The molecule has 0 spiro atoms. The van der Waals surface area contributed by atoms with Gasteiger partial charge in [0.2, 0.25) is 0 Å². The van der Waals surface area contributed by atoms with Crippen molar-refractivity contribution in [3.05, 3.63) is 23.7 Å². The van der Waals surface area contributed by atoms with Gasteiger partial charge in [-0.2, -0.15) is 0 Å². The van der Waals surface area contributed by atoms with Gasteiger partial charge in [0.05, 0.1) is 11.8 Å². The van der Waals surface area contributed by atoms with Gasteiger partial charge in [0.25, 0.3) is 0 Å². The third-order valence-corrected chi connectivity index (χ3v) is 3.01. The van der Waals surface area contributed by atoms with Gasteiger partial charge in [-0.15, -0.1) is 0 Å². The third-order valence-electron chi connectivity index (χ3n) is 3.01. The highest BCUT2D eigenvalue weighted by Gasteiger charge is 2.21. The van der Waals surface area contributed by atoms with E-state index in [9.17, 15) is 4.79 Å². The summed E-state index contributed by atoms with van der Waals surface area (Å²) in [6.45, 7) is 2.21. The fourth-order valence-corrected chi connectivity index (χ4v) is 2.06. The number of carbonyl (C=O) groups is 1. The Morgan fingerprint density at radius 1 is 1.43 bits per heavy atom. The Hall–Kier alpha value is -1.09. The maximum absolute atomic E-state index is 10.7. The molecule has 0 aromatic carbocycles. The van der Waals surface area contributed by atoms with Gasteiger partial charge in [0.15, 0.2) is 6.29 Å². The van der Waals surface area contributed by atoms with Crippen LogP contribution in [0.5, 0.6) is 0 Å². The highest BCUT2D eigenvalue weighted by molar-refractivity contribution is 5.76. The summed E-state index contributed by atoms with van der Waals surface area (Å²) in [5, 5.41) is 0. The molecule has 0 unspecified atom stereocenters. The molecule has 1 aliphatic rings. The monoisotopic (exact) mass is 193 g/mol. The quantitative estimate of drug-likeness (QED) is 0.673. The Balaban J connectivity index is 2.11. The normalized spacial score (nSPS) is 19.8. The van der Waals surface area contributed by atoms with Crippen molar-refractivity contribution < 1.29 is 9.21 Å². The van der Waals surface area contributed by atoms with Crippen LogP contribution in [0.3, 0.4) is 0 Å². The van der Waals surface area contributed by atoms with Gasteiger partial charge in [-0.05, 0) is 38.9 Å². The number of likely N-dealkylation sites (tertiary alicyclic amines) is 1. The second-order valence-corrected chi connectivity index (χ2v) is 3.98. The Morgan fingerprint density at radius 2 is 2.14 bits per heavy atom. The molecule has 0 radical (unpaired) electrons. The van der Waals surface area contributed by atoms with E-state index in [0.717, 1.165) is 43.3 Å². The zero-order valence-corrected chi connectivity index (χ0v) is 8.40. The van der Waals surface area contributed by atoms with Crippen LogP contribution < -0.4 is 0 Å². The van der Waals surface area contributed by atoms with Crippen molar-refractivity contribution in [3.63, 3.8) is 0 Å². The fraction of sp³-hybridized carbons (Fsp3) is 0.545. The molecular weight excluding hydrogens is 178 g/mol. The lowest BCUT2D eigenvalue weighted by molar-refractivity contribution is 0.112. The van der Waals surface area contributed by atoms with Gasteiger partial charge in [-0.25, -0.2) is 0 Å². The molecule has 3 heteroatoms. The van der Waals surface area contributed by atoms with Crippen molar-refractivity contribution in [2.75, 3.05) is 20.1 Å². The lowest BCUT2D eigenvalue weighted by Gasteiger charge is -2.28. The fourth-order valence-electron chi connectivity index (χ4n) is 2.06. The molecule has 1 aliphatic heterocycles. The van der Waals surface area contributed by atoms with E-state index in [0.29, 0.717) is 5.92 Å². The summed E-state index contributed by atoms with van der Waals surface area (Å²) < 4.78 is 5.07. The Morgan fingerprint density at radius 3 is 2.79 bits per heavy atom. The van der Waals surface area contributed by atoms with Gasteiger partial charge in [0, 0.05) is 5.56 Å². The van der Waals surface area contributed by atoms with Crippen molar-refractivity contribution in [1.82, 2.24) is 4.90 Å². The first-order valence-corrected chi connectivity index (χ1v) is 5.01. The van der Waals surface area contributed by atoms with Gasteiger partial charge in [-0.1, -0.05) is 0 Å². The second kappa shape index (κ2) is 3.96. The topological polar surface area (TPSA) is 33.5 Å². The Kier molecular flexibility index (Phi) is 2.68. The molecule has 2 rings (SSSR count). The Labute approximate surface area is 83.7 Å². The molecule has 2 heterocycles. The van der Waals surface area contributed by atoms with Crippen LogP contribution in [0.25, 0.3) is 0 Å². The molecule has 3 nitrogen and oxygen atoms in total. The third kappa shape index (κ3) is 1.73. The minimum atomic E-state index is 0.505.